The van der Waals surface area contributed by atoms with Gasteiger partial charge in [0.1, 0.15) is 0 Å². The number of carboxylic acids is 1. The Morgan fingerprint density at radius 2 is 1.86 bits per heavy atom. The van der Waals surface area contributed by atoms with Crippen LogP contribution in [0.3, 0.4) is 0 Å². The third kappa shape index (κ3) is 5.45. The summed E-state index contributed by atoms with van der Waals surface area (Å²) in [6.45, 7) is 4.94. The SMILES string of the molecule is Cc1ccc(NC(=O)CC(C)(C)CC(=O)O)cc1S(N)(=O)=O. The predicted molar refractivity (Wildman–Crippen MR) is 81.8 cm³/mol. The van der Waals surface area contributed by atoms with Crippen molar-refractivity contribution >= 4 is 27.6 Å². The lowest BCUT2D eigenvalue weighted by molar-refractivity contribution is -0.139. The Labute approximate surface area is 129 Å². The molecule has 7 nitrogen and oxygen atoms in total. The highest BCUT2D eigenvalue weighted by atomic mass is 32.2. The molecule has 0 aromatic heterocycles. The Kier molecular flexibility index (Phi) is 5.31. The third-order valence-electron chi connectivity index (χ3n) is 3.05. The van der Waals surface area contributed by atoms with Crippen molar-refractivity contribution < 1.29 is 23.1 Å². The molecule has 122 valence electrons. The van der Waals surface area contributed by atoms with Gasteiger partial charge in [-0.1, -0.05) is 19.9 Å². The minimum atomic E-state index is -3.87. The maximum atomic E-state index is 12.0. The number of aryl methyl sites for hydroxylation is 1. The number of primary sulfonamides is 1. The second-order valence-corrected chi connectivity index (χ2v) is 7.51. The number of anilines is 1. The van der Waals surface area contributed by atoms with Gasteiger partial charge >= 0.3 is 5.97 Å². The number of carbonyl (C=O) groups is 2. The van der Waals surface area contributed by atoms with Crippen LogP contribution in [0.2, 0.25) is 0 Å². The molecule has 8 heteroatoms. The van der Waals surface area contributed by atoms with E-state index in [-0.39, 0.29) is 17.7 Å². The molecule has 0 unspecified atom stereocenters. The van der Waals surface area contributed by atoms with Gasteiger partial charge in [0.2, 0.25) is 15.9 Å². The molecule has 0 fully saturated rings. The number of benzene rings is 1. The lowest BCUT2D eigenvalue weighted by Gasteiger charge is -2.21. The molecule has 0 saturated heterocycles. The zero-order valence-electron chi connectivity index (χ0n) is 12.7. The minimum Gasteiger partial charge on any atom is -0.481 e. The number of rotatable bonds is 6. The van der Waals surface area contributed by atoms with Crippen LogP contribution in [-0.4, -0.2) is 25.4 Å². The van der Waals surface area contributed by atoms with Crippen molar-refractivity contribution in [3.05, 3.63) is 23.8 Å². The first kappa shape index (κ1) is 18.1. The van der Waals surface area contributed by atoms with Gasteiger partial charge in [0.25, 0.3) is 0 Å². The van der Waals surface area contributed by atoms with E-state index in [2.05, 4.69) is 5.32 Å². The van der Waals surface area contributed by atoms with Crippen molar-refractivity contribution in [1.82, 2.24) is 0 Å². The number of hydrogen-bond acceptors (Lipinski definition) is 4. The quantitative estimate of drug-likeness (QED) is 0.729. The summed E-state index contributed by atoms with van der Waals surface area (Å²) in [6.07, 6.45) is -0.144. The van der Waals surface area contributed by atoms with Gasteiger partial charge in [-0.25, -0.2) is 13.6 Å². The Bertz CT molecular complexity index is 695. The van der Waals surface area contributed by atoms with Crippen molar-refractivity contribution in [1.29, 1.82) is 0 Å². The standard InChI is InChI=1S/C14H20N2O5S/c1-9-4-5-10(6-11(9)22(15,20)21)16-12(17)7-14(2,3)8-13(18)19/h4-6H,7-8H2,1-3H3,(H,16,17)(H,18,19)(H2,15,20,21). The summed E-state index contributed by atoms with van der Waals surface area (Å²) in [4.78, 5) is 22.6. The monoisotopic (exact) mass is 328 g/mol. The molecule has 0 atom stereocenters. The van der Waals surface area contributed by atoms with Crippen LogP contribution >= 0.6 is 0 Å². The maximum Gasteiger partial charge on any atom is 0.303 e. The summed E-state index contributed by atoms with van der Waals surface area (Å²) in [5, 5.41) is 16.5. The van der Waals surface area contributed by atoms with E-state index in [0.717, 1.165) is 0 Å². The van der Waals surface area contributed by atoms with Crippen LogP contribution < -0.4 is 10.5 Å². The van der Waals surface area contributed by atoms with Gasteiger partial charge < -0.3 is 10.4 Å². The average Bonchev–Trinajstić information content (AvgIpc) is 2.27. The van der Waals surface area contributed by atoms with E-state index in [1.54, 1.807) is 26.8 Å². The van der Waals surface area contributed by atoms with Gasteiger partial charge in [-0.2, -0.15) is 0 Å². The van der Waals surface area contributed by atoms with Crippen LogP contribution in [0.1, 0.15) is 32.3 Å². The van der Waals surface area contributed by atoms with Gasteiger partial charge in [-0.3, -0.25) is 9.59 Å². The fourth-order valence-corrected chi connectivity index (χ4v) is 2.90. The minimum absolute atomic E-state index is 0.00210. The van der Waals surface area contributed by atoms with Crippen LogP contribution in [0.4, 0.5) is 5.69 Å². The Balaban J connectivity index is 2.88. The second-order valence-electron chi connectivity index (χ2n) is 5.98. The summed E-state index contributed by atoms with van der Waals surface area (Å²) >= 11 is 0. The highest BCUT2D eigenvalue weighted by Gasteiger charge is 2.25. The molecule has 1 aromatic carbocycles. The third-order valence-corrected chi connectivity index (χ3v) is 4.10. The molecule has 0 saturated carbocycles. The molecule has 1 aromatic rings. The molecule has 0 aliphatic heterocycles. The number of hydrogen-bond donors (Lipinski definition) is 3. The Hall–Kier alpha value is -1.93. The lowest BCUT2D eigenvalue weighted by Crippen LogP contribution is -2.25. The number of nitrogens with two attached hydrogens (primary N) is 1. The maximum absolute atomic E-state index is 12.0. The summed E-state index contributed by atoms with van der Waals surface area (Å²) in [5.41, 5.74) is 0.0704. The van der Waals surface area contributed by atoms with Gasteiger partial charge in [0.05, 0.1) is 11.3 Å². The van der Waals surface area contributed by atoms with E-state index in [4.69, 9.17) is 10.2 Å². The smallest absolute Gasteiger partial charge is 0.303 e. The number of amides is 1. The summed E-state index contributed by atoms with van der Waals surface area (Å²) in [5.74, 6) is -1.37. The number of carbonyl (C=O) groups excluding carboxylic acids is 1. The van der Waals surface area contributed by atoms with Gasteiger partial charge in [-0.15, -0.1) is 0 Å². The number of sulfonamides is 1. The second kappa shape index (κ2) is 6.45. The van der Waals surface area contributed by atoms with E-state index in [1.165, 1.54) is 12.1 Å². The van der Waals surface area contributed by atoms with Crippen LogP contribution in [0.5, 0.6) is 0 Å². The summed E-state index contributed by atoms with van der Waals surface area (Å²) in [7, 11) is -3.87. The molecule has 1 amide bonds. The van der Waals surface area contributed by atoms with Gasteiger partial charge in [-0.05, 0) is 30.0 Å². The molecule has 4 N–H and O–H groups in total. The van der Waals surface area contributed by atoms with Crippen molar-refractivity contribution in [2.24, 2.45) is 10.6 Å². The van der Waals surface area contributed by atoms with E-state index in [1.807, 2.05) is 0 Å². The van der Waals surface area contributed by atoms with Crippen LogP contribution in [-0.2, 0) is 19.6 Å². The zero-order valence-corrected chi connectivity index (χ0v) is 13.5. The van der Waals surface area contributed by atoms with Crippen LogP contribution in [0, 0.1) is 12.3 Å². The molecule has 0 spiro atoms. The zero-order chi connectivity index (χ0) is 17.1. The van der Waals surface area contributed by atoms with Crippen molar-refractivity contribution in [3.63, 3.8) is 0 Å². The van der Waals surface area contributed by atoms with Gasteiger partial charge in [0, 0.05) is 12.1 Å². The molecule has 0 aliphatic carbocycles. The van der Waals surface area contributed by atoms with E-state index < -0.39 is 27.3 Å². The average molecular weight is 328 g/mol. The lowest BCUT2D eigenvalue weighted by atomic mass is 9.85. The van der Waals surface area contributed by atoms with Crippen molar-refractivity contribution in [2.75, 3.05) is 5.32 Å². The first-order valence-corrected chi connectivity index (χ1v) is 8.10. The first-order chi connectivity index (χ1) is 9.90. The van der Waals surface area contributed by atoms with E-state index >= 15 is 0 Å². The molecule has 1 rings (SSSR count). The fraction of sp³-hybridized carbons (Fsp3) is 0.429. The van der Waals surface area contributed by atoms with E-state index in [9.17, 15) is 18.0 Å². The number of carboxylic acid groups (broad SMARTS) is 1. The van der Waals surface area contributed by atoms with Crippen molar-refractivity contribution in [3.8, 4) is 0 Å². The summed E-state index contributed by atoms with van der Waals surface area (Å²) < 4.78 is 22.9. The van der Waals surface area contributed by atoms with Crippen LogP contribution in [0.15, 0.2) is 23.1 Å². The summed E-state index contributed by atoms with van der Waals surface area (Å²) in [6, 6.07) is 4.39. The largest absolute Gasteiger partial charge is 0.481 e. The number of nitrogens with one attached hydrogen (secondary N) is 1. The molecule has 0 heterocycles. The van der Waals surface area contributed by atoms with Gasteiger partial charge in [0.15, 0.2) is 0 Å². The molecular weight excluding hydrogens is 308 g/mol. The topological polar surface area (TPSA) is 127 Å². The molecule has 0 bridgehead atoms. The molecule has 0 aliphatic rings. The Morgan fingerprint density at radius 1 is 1.27 bits per heavy atom. The van der Waals surface area contributed by atoms with Crippen LogP contribution in [0.25, 0.3) is 0 Å². The first-order valence-electron chi connectivity index (χ1n) is 6.56. The Morgan fingerprint density at radius 3 is 2.36 bits per heavy atom. The highest BCUT2D eigenvalue weighted by Crippen LogP contribution is 2.26. The number of aliphatic carboxylic acids is 1. The highest BCUT2D eigenvalue weighted by molar-refractivity contribution is 7.89. The molecular formula is C14H20N2O5S. The van der Waals surface area contributed by atoms with E-state index in [0.29, 0.717) is 11.3 Å². The molecule has 0 radical (unpaired) electrons. The fourth-order valence-electron chi connectivity index (χ4n) is 2.10. The predicted octanol–water partition coefficient (Wildman–Crippen LogP) is 1.47. The molecule has 22 heavy (non-hydrogen) atoms. The normalized spacial score (nSPS) is 12.0. The van der Waals surface area contributed by atoms with Crippen molar-refractivity contribution in [2.45, 2.75) is 38.5 Å².